The third-order valence-corrected chi connectivity index (χ3v) is 1.95. The number of carbonyl (C=O) groups is 1. The summed E-state index contributed by atoms with van der Waals surface area (Å²) in [6.07, 6.45) is 2.64. The molecular formula is C10H12ClN3O3. The SMILES string of the molecule is CCOC(=O)/C=C/c1c(N)nc(Cl)nc1OC. The number of carbonyl (C=O) groups excluding carboxylic acids is 1. The molecule has 0 saturated heterocycles. The largest absolute Gasteiger partial charge is 0.480 e. The molecule has 0 saturated carbocycles. The zero-order chi connectivity index (χ0) is 12.8. The van der Waals surface area contributed by atoms with Crippen molar-refractivity contribution in [3.8, 4) is 5.88 Å². The highest BCUT2D eigenvalue weighted by molar-refractivity contribution is 6.28. The first-order valence-electron chi connectivity index (χ1n) is 4.80. The van der Waals surface area contributed by atoms with Crippen molar-refractivity contribution in [3.63, 3.8) is 0 Å². The second-order valence-electron chi connectivity index (χ2n) is 2.89. The molecule has 1 aromatic rings. The van der Waals surface area contributed by atoms with Crippen LogP contribution in [-0.2, 0) is 9.53 Å². The Morgan fingerprint density at radius 3 is 2.82 bits per heavy atom. The molecule has 0 aliphatic rings. The Morgan fingerprint density at radius 2 is 2.24 bits per heavy atom. The van der Waals surface area contributed by atoms with Crippen molar-refractivity contribution < 1.29 is 14.3 Å². The number of aromatic nitrogens is 2. The Labute approximate surface area is 103 Å². The zero-order valence-corrected chi connectivity index (χ0v) is 10.2. The summed E-state index contributed by atoms with van der Waals surface area (Å²) in [6.45, 7) is 2.01. The number of nitrogens with zero attached hydrogens (tertiary/aromatic N) is 2. The molecule has 2 N–H and O–H groups in total. The molecule has 0 spiro atoms. The summed E-state index contributed by atoms with van der Waals surface area (Å²) in [5.41, 5.74) is 6.02. The number of esters is 1. The van der Waals surface area contributed by atoms with E-state index in [1.165, 1.54) is 19.3 Å². The van der Waals surface area contributed by atoms with Gasteiger partial charge in [-0.05, 0) is 24.6 Å². The molecule has 1 aromatic heterocycles. The van der Waals surface area contributed by atoms with E-state index in [0.717, 1.165) is 0 Å². The van der Waals surface area contributed by atoms with E-state index >= 15 is 0 Å². The molecule has 1 rings (SSSR count). The van der Waals surface area contributed by atoms with Crippen molar-refractivity contribution in [2.24, 2.45) is 0 Å². The van der Waals surface area contributed by atoms with E-state index in [2.05, 4.69) is 9.97 Å². The van der Waals surface area contributed by atoms with Crippen LogP contribution < -0.4 is 10.5 Å². The molecule has 0 bridgehead atoms. The monoisotopic (exact) mass is 257 g/mol. The number of methoxy groups -OCH3 is 1. The Balaban J connectivity index is 3.01. The lowest BCUT2D eigenvalue weighted by atomic mass is 10.2. The highest BCUT2D eigenvalue weighted by Gasteiger charge is 2.10. The minimum Gasteiger partial charge on any atom is -0.480 e. The van der Waals surface area contributed by atoms with Crippen molar-refractivity contribution in [3.05, 3.63) is 16.9 Å². The van der Waals surface area contributed by atoms with Crippen molar-refractivity contribution in [1.29, 1.82) is 0 Å². The topological polar surface area (TPSA) is 87.3 Å². The standard InChI is InChI=1S/C10H12ClN3O3/c1-3-17-7(15)5-4-6-8(12)13-10(11)14-9(6)16-2/h4-5H,3H2,1-2H3,(H2,12,13,14)/b5-4+. The predicted molar refractivity (Wildman–Crippen MR) is 63.7 cm³/mol. The summed E-state index contributed by atoms with van der Waals surface area (Å²) in [6, 6.07) is 0. The van der Waals surface area contributed by atoms with Gasteiger partial charge in [0, 0.05) is 6.08 Å². The summed E-state index contributed by atoms with van der Waals surface area (Å²) in [5.74, 6) is -0.158. The van der Waals surface area contributed by atoms with Gasteiger partial charge in [0.25, 0.3) is 0 Å². The first-order chi connectivity index (χ1) is 8.08. The van der Waals surface area contributed by atoms with Crippen LogP contribution >= 0.6 is 11.6 Å². The third kappa shape index (κ3) is 3.60. The van der Waals surface area contributed by atoms with Crippen LogP contribution in [0.5, 0.6) is 5.88 Å². The van der Waals surface area contributed by atoms with Gasteiger partial charge in [0.2, 0.25) is 11.2 Å². The van der Waals surface area contributed by atoms with Gasteiger partial charge in [-0.3, -0.25) is 0 Å². The number of rotatable bonds is 4. The number of ether oxygens (including phenoxy) is 2. The molecule has 0 atom stereocenters. The third-order valence-electron chi connectivity index (χ3n) is 1.78. The molecule has 7 heteroatoms. The molecule has 0 aliphatic heterocycles. The van der Waals surface area contributed by atoms with E-state index in [1.54, 1.807) is 6.92 Å². The van der Waals surface area contributed by atoms with Crippen molar-refractivity contribution in [2.75, 3.05) is 19.5 Å². The van der Waals surface area contributed by atoms with Gasteiger partial charge in [0.15, 0.2) is 0 Å². The lowest BCUT2D eigenvalue weighted by Gasteiger charge is -2.06. The van der Waals surface area contributed by atoms with E-state index in [-0.39, 0.29) is 17.0 Å². The molecule has 0 amide bonds. The fourth-order valence-corrected chi connectivity index (χ4v) is 1.26. The quantitative estimate of drug-likeness (QED) is 0.497. The van der Waals surface area contributed by atoms with Gasteiger partial charge in [-0.1, -0.05) is 0 Å². The van der Waals surface area contributed by atoms with Crippen LogP contribution in [0.15, 0.2) is 6.08 Å². The molecule has 17 heavy (non-hydrogen) atoms. The average Bonchev–Trinajstić information content (AvgIpc) is 2.27. The van der Waals surface area contributed by atoms with E-state index in [0.29, 0.717) is 12.2 Å². The molecule has 6 nitrogen and oxygen atoms in total. The molecule has 0 radical (unpaired) electrons. The summed E-state index contributed by atoms with van der Waals surface area (Å²) < 4.78 is 9.71. The average molecular weight is 258 g/mol. The van der Waals surface area contributed by atoms with Gasteiger partial charge in [-0.2, -0.15) is 4.98 Å². The Bertz CT molecular complexity index is 449. The Morgan fingerprint density at radius 1 is 1.53 bits per heavy atom. The maximum atomic E-state index is 11.1. The highest BCUT2D eigenvalue weighted by atomic mass is 35.5. The number of halogens is 1. The molecule has 0 aliphatic carbocycles. The van der Waals surface area contributed by atoms with Crippen LogP contribution in [0.2, 0.25) is 5.28 Å². The van der Waals surface area contributed by atoms with E-state index in [9.17, 15) is 4.79 Å². The van der Waals surface area contributed by atoms with Crippen LogP contribution in [0.3, 0.4) is 0 Å². The van der Waals surface area contributed by atoms with Gasteiger partial charge < -0.3 is 15.2 Å². The first-order valence-corrected chi connectivity index (χ1v) is 5.18. The highest BCUT2D eigenvalue weighted by Crippen LogP contribution is 2.23. The van der Waals surface area contributed by atoms with E-state index < -0.39 is 5.97 Å². The lowest BCUT2D eigenvalue weighted by molar-refractivity contribution is -0.137. The van der Waals surface area contributed by atoms with E-state index in [1.807, 2.05) is 0 Å². The number of anilines is 1. The smallest absolute Gasteiger partial charge is 0.330 e. The molecule has 0 unspecified atom stereocenters. The summed E-state index contributed by atoms with van der Waals surface area (Å²) >= 11 is 5.62. The lowest BCUT2D eigenvalue weighted by Crippen LogP contribution is -2.02. The van der Waals surface area contributed by atoms with Crippen molar-refractivity contribution in [1.82, 2.24) is 9.97 Å². The van der Waals surface area contributed by atoms with Crippen molar-refractivity contribution >= 4 is 29.5 Å². The zero-order valence-electron chi connectivity index (χ0n) is 9.44. The maximum absolute atomic E-state index is 11.1. The van der Waals surface area contributed by atoms with Crippen LogP contribution in [0.4, 0.5) is 5.82 Å². The first kappa shape index (κ1) is 13.2. The normalized spacial score (nSPS) is 10.5. The fourth-order valence-electron chi connectivity index (χ4n) is 1.09. The fraction of sp³-hybridized carbons (Fsp3) is 0.300. The number of hydrogen-bond donors (Lipinski definition) is 1. The molecule has 0 aromatic carbocycles. The minimum absolute atomic E-state index is 0.0207. The predicted octanol–water partition coefficient (Wildman–Crippen LogP) is 1.30. The van der Waals surface area contributed by atoms with Gasteiger partial charge in [-0.25, -0.2) is 9.78 Å². The van der Waals surface area contributed by atoms with E-state index in [4.69, 9.17) is 26.8 Å². The van der Waals surface area contributed by atoms with Crippen LogP contribution in [0.25, 0.3) is 6.08 Å². The van der Waals surface area contributed by atoms with Gasteiger partial charge in [0.1, 0.15) is 5.82 Å². The summed E-state index contributed by atoms with van der Waals surface area (Å²) in [7, 11) is 1.42. The second-order valence-corrected chi connectivity index (χ2v) is 3.22. The Hall–Kier alpha value is -1.82. The molecule has 0 fully saturated rings. The molecule has 92 valence electrons. The van der Waals surface area contributed by atoms with Gasteiger partial charge >= 0.3 is 5.97 Å². The number of hydrogen-bond acceptors (Lipinski definition) is 6. The van der Waals surface area contributed by atoms with Gasteiger partial charge in [-0.15, -0.1) is 0 Å². The second kappa shape index (κ2) is 6.05. The van der Waals surface area contributed by atoms with Crippen LogP contribution in [0.1, 0.15) is 12.5 Å². The van der Waals surface area contributed by atoms with Crippen LogP contribution in [-0.4, -0.2) is 29.7 Å². The maximum Gasteiger partial charge on any atom is 0.330 e. The minimum atomic E-state index is -0.482. The van der Waals surface area contributed by atoms with Crippen molar-refractivity contribution in [2.45, 2.75) is 6.92 Å². The number of nitrogens with two attached hydrogens (primary N) is 1. The Kier molecular flexibility index (Phi) is 4.71. The summed E-state index contributed by atoms with van der Waals surface area (Å²) in [5, 5.41) is -0.0207. The summed E-state index contributed by atoms with van der Waals surface area (Å²) in [4.78, 5) is 18.7. The number of nitrogen functional groups attached to an aromatic ring is 1. The molecule has 1 heterocycles. The van der Waals surface area contributed by atoms with Gasteiger partial charge in [0.05, 0.1) is 19.3 Å². The van der Waals surface area contributed by atoms with Crippen LogP contribution in [0, 0.1) is 0 Å². The molecular weight excluding hydrogens is 246 g/mol.